The van der Waals surface area contributed by atoms with Gasteiger partial charge in [0.05, 0.1) is 10.5 Å². The highest BCUT2D eigenvalue weighted by atomic mass is 32.2. The van der Waals surface area contributed by atoms with Crippen LogP contribution in [0.15, 0.2) is 76.6 Å². The number of hydrogen-bond acceptors (Lipinski definition) is 5. The summed E-state index contributed by atoms with van der Waals surface area (Å²) in [6.45, 7) is 7.37. The lowest BCUT2D eigenvalue weighted by atomic mass is 10.1. The van der Waals surface area contributed by atoms with Crippen molar-refractivity contribution in [3.8, 4) is 11.5 Å². The Balaban J connectivity index is 1.48. The lowest BCUT2D eigenvalue weighted by molar-refractivity contribution is 0.206. The minimum Gasteiger partial charge on any atom is -0.454 e. The number of aryl methyl sites for hydroxylation is 2. The van der Waals surface area contributed by atoms with E-state index in [1.807, 2.05) is 69.3 Å². The molecule has 0 saturated carbocycles. The van der Waals surface area contributed by atoms with Crippen molar-refractivity contribution in [2.75, 3.05) is 19.6 Å². The summed E-state index contributed by atoms with van der Waals surface area (Å²) in [7, 11) is -3.57. The van der Waals surface area contributed by atoms with Gasteiger partial charge in [-0.3, -0.25) is 0 Å². The van der Waals surface area contributed by atoms with E-state index in [-0.39, 0.29) is 6.04 Å². The van der Waals surface area contributed by atoms with Crippen molar-refractivity contribution in [3.63, 3.8) is 0 Å². The third kappa shape index (κ3) is 4.03. The molecule has 2 aliphatic heterocycles. The normalized spacial score (nSPS) is 18.6. The van der Waals surface area contributed by atoms with Gasteiger partial charge in [-0.05, 0) is 68.3 Å². The van der Waals surface area contributed by atoms with Gasteiger partial charge in [-0.15, -0.1) is 0 Å². The van der Waals surface area contributed by atoms with Crippen LogP contribution in [0.4, 0.5) is 5.69 Å². The number of rotatable bonds is 2. The first-order valence-electron chi connectivity index (χ1n) is 11.1. The molecule has 3 aromatic carbocycles. The molecule has 1 atom stereocenters. The van der Waals surface area contributed by atoms with Crippen LogP contribution in [0.5, 0.6) is 11.5 Å². The zero-order valence-electron chi connectivity index (χ0n) is 19.0. The van der Waals surface area contributed by atoms with Crippen LogP contribution >= 0.6 is 0 Å². The number of hydrogen-bond donors (Lipinski definition) is 0. The summed E-state index contributed by atoms with van der Waals surface area (Å²) < 4.78 is 34.5. The van der Waals surface area contributed by atoms with Crippen molar-refractivity contribution < 1.29 is 13.2 Å². The number of nitrogens with zero attached hydrogens (tertiary/aromatic N) is 3. The number of fused-ring (bicyclic) bond motifs is 2. The number of aliphatic imine (C=N–C) groups is 1. The predicted molar refractivity (Wildman–Crippen MR) is 130 cm³/mol. The van der Waals surface area contributed by atoms with Crippen LogP contribution in [-0.2, 0) is 10.0 Å². The molecule has 1 fully saturated rings. The Hall–Kier alpha value is -3.16. The molecule has 0 spiro atoms. The monoisotopic (exact) mass is 461 g/mol. The topological polar surface area (TPSA) is 62.2 Å². The van der Waals surface area contributed by atoms with Gasteiger partial charge >= 0.3 is 0 Å². The van der Waals surface area contributed by atoms with Gasteiger partial charge in [0, 0.05) is 25.7 Å². The second-order valence-corrected chi connectivity index (χ2v) is 10.6. The molecule has 6 nitrogen and oxygen atoms in total. The lowest BCUT2D eigenvalue weighted by Crippen LogP contribution is -2.55. The number of amidine groups is 1. The minimum absolute atomic E-state index is 0.208. The summed E-state index contributed by atoms with van der Waals surface area (Å²) in [6, 6.07) is 20.8. The molecule has 2 aliphatic rings. The van der Waals surface area contributed by atoms with Gasteiger partial charge in [0.25, 0.3) is 0 Å². The third-order valence-corrected chi connectivity index (χ3v) is 8.16. The van der Waals surface area contributed by atoms with E-state index < -0.39 is 10.0 Å². The van der Waals surface area contributed by atoms with Gasteiger partial charge in [0.1, 0.15) is 17.3 Å². The van der Waals surface area contributed by atoms with E-state index in [1.165, 1.54) is 0 Å². The first kappa shape index (κ1) is 21.7. The molecular weight excluding hydrogens is 434 g/mol. The van der Waals surface area contributed by atoms with Gasteiger partial charge in [0.2, 0.25) is 10.0 Å². The second-order valence-electron chi connectivity index (χ2n) is 8.73. The van der Waals surface area contributed by atoms with Crippen LogP contribution in [0.3, 0.4) is 0 Å². The SMILES string of the molecule is Cc1cccc(S(=O)(=O)N2CCN(C3=Nc4ccc(C)cc4Oc4ccccc43)CC2C)c1. The van der Waals surface area contributed by atoms with E-state index in [0.717, 1.165) is 39.7 Å². The molecule has 3 aromatic rings. The Morgan fingerprint density at radius 1 is 0.909 bits per heavy atom. The first-order valence-corrected chi connectivity index (χ1v) is 12.6. The zero-order valence-corrected chi connectivity index (χ0v) is 19.8. The highest BCUT2D eigenvalue weighted by Gasteiger charge is 2.36. The van der Waals surface area contributed by atoms with Crippen LogP contribution in [0.1, 0.15) is 23.6 Å². The highest BCUT2D eigenvalue weighted by molar-refractivity contribution is 7.89. The van der Waals surface area contributed by atoms with Gasteiger partial charge in [-0.1, -0.05) is 30.3 Å². The number of ether oxygens (including phenoxy) is 1. The van der Waals surface area contributed by atoms with Crippen molar-refractivity contribution in [3.05, 3.63) is 83.4 Å². The number of sulfonamides is 1. The summed E-state index contributed by atoms with van der Waals surface area (Å²) in [6.07, 6.45) is 0. The molecule has 1 unspecified atom stereocenters. The largest absolute Gasteiger partial charge is 0.454 e. The van der Waals surface area contributed by atoms with Crippen molar-refractivity contribution in [1.29, 1.82) is 0 Å². The smallest absolute Gasteiger partial charge is 0.243 e. The van der Waals surface area contributed by atoms with Gasteiger partial charge in [-0.25, -0.2) is 13.4 Å². The Bertz CT molecular complexity index is 1350. The average Bonchev–Trinajstić information content (AvgIpc) is 2.95. The molecule has 170 valence electrons. The van der Waals surface area contributed by atoms with Crippen molar-refractivity contribution >= 4 is 21.5 Å². The lowest BCUT2D eigenvalue weighted by Gasteiger charge is -2.40. The summed E-state index contributed by atoms with van der Waals surface area (Å²) in [4.78, 5) is 7.50. The van der Waals surface area contributed by atoms with Crippen molar-refractivity contribution in [2.24, 2.45) is 4.99 Å². The van der Waals surface area contributed by atoms with E-state index in [9.17, 15) is 8.42 Å². The molecule has 1 saturated heterocycles. The molecule has 0 amide bonds. The summed E-state index contributed by atoms with van der Waals surface area (Å²) in [5, 5.41) is 0. The van der Waals surface area contributed by atoms with Gasteiger partial charge < -0.3 is 9.64 Å². The number of benzene rings is 3. The molecule has 0 radical (unpaired) electrons. The average molecular weight is 462 g/mol. The van der Waals surface area contributed by atoms with Crippen LogP contribution in [-0.4, -0.2) is 49.1 Å². The van der Waals surface area contributed by atoms with E-state index >= 15 is 0 Å². The highest BCUT2D eigenvalue weighted by Crippen LogP contribution is 2.39. The third-order valence-electron chi connectivity index (χ3n) is 6.15. The van der Waals surface area contributed by atoms with E-state index in [1.54, 1.807) is 22.5 Å². The Labute approximate surface area is 195 Å². The number of para-hydroxylation sites is 1. The number of piperazine rings is 1. The Kier molecular flexibility index (Phi) is 5.46. The summed E-state index contributed by atoms with van der Waals surface area (Å²) >= 11 is 0. The molecule has 0 bridgehead atoms. The van der Waals surface area contributed by atoms with E-state index in [0.29, 0.717) is 24.5 Å². The van der Waals surface area contributed by atoms with Gasteiger partial charge in [0.15, 0.2) is 5.75 Å². The zero-order chi connectivity index (χ0) is 23.2. The standard InChI is InChI=1S/C26H27N3O3S/c1-18-7-6-8-21(15-18)33(30,31)29-14-13-28(17-20(29)3)26-22-9-4-5-10-24(22)32-25-16-19(2)11-12-23(25)27-26/h4-12,15-16,20H,13-14,17H2,1-3H3. The van der Waals surface area contributed by atoms with Crippen LogP contribution < -0.4 is 4.74 Å². The fourth-order valence-corrected chi connectivity index (χ4v) is 6.19. The van der Waals surface area contributed by atoms with E-state index in [2.05, 4.69) is 4.90 Å². The van der Waals surface area contributed by atoms with Gasteiger partial charge in [-0.2, -0.15) is 4.31 Å². The Morgan fingerprint density at radius 2 is 1.70 bits per heavy atom. The summed E-state index contributed by atoms with van der Waals surface area (Å²) in [5.74, 6) is 2.29. The fourth-order valence-electron chi connectivity index (χ4n) is 4.47. The van der Waals surface area contributed by atoms with Crippen LogP contribution in [0.2, 0.25) is 0 Å². The maximum absolute atomic E-state index is 13.3. The maximum atomic E-state index is 13.3. The molecular formula is C26H27N3O3S. The molecule has 0 aliphatic carbocycles. The van der Waals surface area contributed by atoms with Crippen molar-refractivity contribution in [1.82, 2.24) is 9.21 Å². The molecule has 7 heteroatoms. The fraction of sp³-hybridized carbons (Fsp3) is 0.269. The Morgan fingerprint density at radius 3 is 2.48 bits per heavy atom. The molecule has 33 heavy (non-hydrogen) atoms. The quantitative estimate of drug-likeness (QED) is 0.546. The first-order chi connectivity index (χ1) is 15.8. The second kappa shape index (κ2) is 8.32. The summed E-state index contributed by atoms with van der Waals surface area (Å²) in [5.41, 5.74) is 3.72. The maximum Gasteiger partial charge on any atom is 0.243 e. The molecule has 2 heterocycles. The van der Waals surface area contributed by atoms with E-state index in [4.69, 9.17) is 9.73 Å². The molecule has 0 N–H and O–H groups in total. The molecule has 0 aromatic heterocycles. The van der Waals surface area contributed by atoms with Crippen LogP contribution in [0.25, 0.3) is 0 Å². The minimum atomic E-state index is -3.57. The predicted octanol–water partition coefficient (Wildman–Crippen LogP) is 4.88. The molecule has 5 rings (SSSR count). The van der Waals surface area contributed by atoms with Crippen LogP contribution in [0, 0.1) is 13.8 Å². The van der Waals surface area contributed by atoms with Crippen molar-refractivity contribution in [2.45, 2.75) is 31.7 Å².